The van der Waals surface area contributed by atoms with Crippen molar-refractivity contribution < 1.29 is 9.53 Å². The fraction of sp³-hybridized carbons (Fsp3) is 0.471. The first-order valence-corrected chi connectivity index (χ1v) is 7.81. The van der Waals surface area contributed by atoms with Gasteiger partial charge in [0.2, 0.25) is 0 Å². The smallest absolute Gasteiger partial charge is 0.360 e. The van der Waals surface area contributed by atoms with Crippen LogP contribution in [0.2, 0.25) is 0 Å². The van der Waals surface area contributed by atoms with Crippen LogP contribution in [-0.4, -0.2) is 35.6 Å². The summed E-state index contributed by atoms with van der Waals surface area (Å²) in [5, 5.41) is 0. The highest BCUT2D eigenvalue weighted by Crippen LogP contribution is 2.26. The van der Waals surface area contributed by atoms with Gasteiger partial charge in [-0.1, -0.05) is 0 Å². The Morgan fingerprint density at radius 1 is 1.14 bits per heavy atom. The third-order valence-electron chi connectivity index (χ3n) is 4.14. The van der Waals surface area contributed by atoms with E-state index in [4.69, 9.17) is 9.72 Å². The summed E-state index contributed by atoms with van der Waals surface area (Å²) in [5.41, 5.74) is 4.23. The Morgan fingerprint density at radius 3 is 2.32 bits per heavy atom. The molecule has 5 heteroatoms. The molecule has 0 amide bonds. The Morgan fingerprint density at radius 2 is 1.73 bits per heavy atom. The molecule has 0 bridgehead atoms. The molecule has 2 heterocycles. The number of anilines is 1. The molecule has 2 aromatic rings. The van der Waals surface area contributed by atoms with Crippen LogP contribution in [0.5, 0.6) is 0 Å². The summed E-state index contributed by atoms with van der Waals surface area (Å²) in [7, 11) is 0. The van der Waals surface area contributed by atoms with Crippen LogP contribution >= 0.6 is 0 Å². The molecule has 0 saturated carbocycles. The minimum absolute atomic E-state index is 0.333. The molecular weight excluding hydrogens is 278 g/mol. The van der Waals surface area contributed by atoms with Crippen molar-refractivity contribution >= 4 is 22.8 Å². The summed E-state index contributed by atoms with van der Waals surface area (Å²) in [6, 6.07) is 4.01. The van der Waals surface area contributed by atoms with E-state index in [2.05, 4.69) is 16.8 Å². The first kappa shape index (κ1) is 14.8. The largest absolute Gasteiger partial charge is 0.461 e. The fourth-order valence-electron chi connectivity index (χ4n) is 2.79. The molecule has 0 aliphatic carbocycles. The van der Waals surface area contributed by atoms with Crippen molar-refractivity contribution in [3.63, 3.8) is 0 Å². The van der Waals surface area contributed by atoms with Gasteiger partial charge in [-0.05, 0) is 56.9 Å². The van der Waals surface area contributed by atoms with Crippen molar-refractivity contribution in [1.29, 1.82) is 0 Å². The number of fused-ring (bicyclic) bond motifs is 1. The molecule has 0 unspecified atom stereocenters. The maximum absolute atomic E-state index is 12.3. The minimum Gasteiger partial charge on any atom is -0.461 e. The SMILES string of the molecule is CCOC(=O)c1nc2cc(C)c(C)cc2nc1N1CCCC1. The van der Waals surface area contributed by atoms with Gasteiger partial charge in [0.25, 0.3) is 0 Å². The van der Waals surface area contributed by atoms with Crippen LogP contribution in [0.15, 0.2) is 12.1 Å². The number of benzene rings is 1. The molecular formula is C17H21N3O2. The number of nitrogens with zero attached hydrogens (tertiary/aromatic N) is 3. The number of aryl methyl sites for hydroxylation is 2. The standard InChI is InChI=1S/C17H21N3O2/c1-4-22-17(21)15-16(20-7-5-6-8-20)19-14-10-12(3)11(2)9-13(14)18-15/h9-10H,4-8H2,1-3H3. The number of hydrogen-bond acceptors (Lipinski definition) is 5. The molecule has 1 aromatic carbocycles. The number of aromatic nitrogens is 2. The van der Waals surface area contributed by atoms with Crippen LogP contribution in [0.3, 0.4) is 0 Å². The maximum atomic E-state index is 12.3. The topological polar surface area (TPSA) is 55.3 Å². The van der Waals surface area contributed by atoms with E-state index in [1.54, 1.807) is 6.92 Å². The van der Waals surface area contributed by atoms with Crippen LogP contribution in [0.25, 0.3) is 11.0 Å². The predicted molar refractivity (Wildman–Crippen MR) is 86.4 cm³/mol. The Kier molecular flexibility index (Phi) is 3.96. The van der Waals surface area contributed by atoms with Gasteiger partial charge in [0.15, 0.2) is 11.5 Å². The number of rotatable bonds is 3. The molecule has 1 fully saturated rings. The van der Waals surface area contributed by atoms with Crippen molar-refractivity contribution in [2.45, 2.75) is 33.6 Å². The van der Waals surface area contributed by atoms with Gasteiger partial charge in [-0.3, -0.25) is 0 Å². The van der Waals surface area contributed by atoms with E-state index in [1.807, 2.05) is 19.1 Å². The zero-order chi connectivity index (χ0) is 15.7. The van der Waals surface area contributed by atoms with E-state index in [0.29, 0.717) is 18.1 Å². The normalized spacial score (nSPS) is 14.6. The van der Waals surface area contributed by atoms with Gasteiger partial charge in [-0.25, -0.2) is 14.8 Å². The lowest BCUT2D eigenvalue weighted by molar-refractivity contribution is 0.0520. The quantitative estimate of drug-likeness (QED) is 0.815. The molecule has 1 aliphatic heterocycles. The van der Waals surface area contributed by atoms with E-state index < -0.39 is 5.97 Å². The number of ether oxygens (including phenoxy) is 1. The van der Waals surface area contributed by atoms with Crippen molar-refractivity contribution in [3.8, 4) is 0 Å². The summed E-state index contributed by atoms with van der Waals surface area (Å²) >= 11 is 0. The third kappa shape index (κ3) is 2.63. The second kappa shape index (κ2) is 5.91. The molecule has 0 spiro atoms. The summed E-state index contributed by atoms with van der Waals surface area (Å²) in [4.78, 5) is 23.7. The van der Waals surface area contributed by atoms with Gasteiger partial charge >= 0.3 is 5.97 Å². The van der Waals surface area contributed by atoms with Gasteiger partial charge in [0.1, 0.15) is 0 Å². The molecule has 1 aromatic heterocycles. The molecule has 22 heavy (non-hydrogen) atoms. The Bertz CT molecular complexity index is 721. The number of esters is 1. The van der Waals surface area contributed by atoms with E-state index >= 15 is 0 Å². The summed E-state index contributed by atoms with van der Waals surface area (Å²) < 4.78 is 5.16. The van der Waals surface area contributed by atoms with Crippen molar-refractivity contribution in [2.75, 3.05) is 24.6 Å². The molecule has 3 rings (SSSR count). The van der Waals surface area contributed by atoms with E-state index in [9.17, 15) is 4.79 Å². The van der Waals surface area contributed by atoms with Crippen LogP contribution in [0.4, 0.5) is 5.82 Å². The second-order valence-corrected chi connectivity index (χ2v) is 5.74. The molecule has 116 valence electrons. The maximum Gasteiger partial charge on any atom is 0.360 e. The molecule has 0 radical (unpaired) electrons. The number of carbonyl (C=O) groups excluding carboxylic acids is 1. The van der Waals surface area contributed by atoms with Crippen molar-refractivity contribution in [2.24, 2.45) is 0 Å². The van der Waals surface area contributed by atoms with Gasteiger partial charge in [0, 0.05) is 13.1 Å². The van der Waals surface area contributed by atoms with Crippen LogP contribution in [0, 0.1) is 13.8 Å². The second-order valence-electron chi connectivity index (χ2n) is 5.74. The first-order valence-electron chi connectivity index (χ1n) is 7.81. The van der Waals surface area contributed by atoms with Crippen LogP contribution < -0.4 is 4.90 Å². The highest BCUT2D eigenvalue weighted by molar-refractivity contribution is 5.95. The van der Waals surface area contributed by atoms with Crippen molar-refractivity contribution in [3.05, 3.63) is 29.0 Å². The van der Waals surface area contributed by atoms with Crippen LogP contribution in [0.1, 0.15) is 41.4 Å². The van der Waals surface area contributed by atoms with Crippen LogP contribution in [-0.2, 0) is 4.74 Å². The molecule has 1 saturated heterocycles. The van der Waals surface area contributed by atoms with Gasteiger partial charge in [0.05, 0.1) is 17.6 Å². The Balaban J connectivity index is 2.17. The average Bonchev–Trinajstić information content (AvgIpc) is 3.02. The summed E-state index contributed by atoms with van der Waals surface area (Å²) in [6.45, 7) is 8.06. The zero-order valence-corrected chi connectivity index (χ0v) is 13.3. The summed E-state index contributed by atoms with van der Waals surface area (Å²) in [5.74, 6) is 0.267. The molecule has 0 N–H and O–H groups in total. The Labute approximate surface area is 130 Å². The Hall–Kier alpha value is -2.17. The highest BCUT2D eigenvalue weighted by Gasteiger charge is 2.24. The van der Waals surface area contributed by atoms with Gasteiger partial charge in [-0.15, -0.1) is 0 Å². The first-order chi connectivity index (χ1) is 10.6. The lowest BCUT2D eigenvalue weighted by atomic mass is 10.1. The molecule has 1 aliphatic rings. The number of carbonyl (C=O) groups is 1. The highest BCUT2D eigenvalue weighted by atomic mass is 16.5. The predicted octanol–water partition coefficient (Wildman–Crippen LogP) is 3.02. The lowest BCUT2D eigenvalue weighted by Crippen LogP contribution is -2.24. The van der Waals surface area contributed by atoms with Gasteiger partial charge < -0.3 is 9.64 Å². The van der Waals surface area contributed by atoms with E-state index in [1.165, 1.54) is 5.56 Å². The van der Waals surface area contributed by atoms with Crippen molar-refractivity contribution in [1.82, 2.24) is 9.97 Å². The minimum atomic E-state index is -0.392. The zero-order valence-electron chi connectivity index (χ0n) is 13.3. The van der Waals surface area contributed by atoms with Gasteiger partial charge in [-0.2, -0.15) is 0 Å². The lowest BCUT2D eigenvalue weighted by Gasteiger charge is -2.19. The monoisotopic (exact) mass is 299 g/mol. The number of hydrogen-bond donors (Lipinski definition) is 0. The third-order valence-corrected chi connectivity index (χ3v) is 4.14. The molecule has 5 nitrogen and oxygen atoms in total. The summed E-state index contributed by atoms with van der Waals surface area (Å²) in [6.07, 6.45) is 2.24. The molecule has 0 atom stereocenters. The van der Waals surface area contributed by atoms with E-state index in [0.717, 1.165) is 42.5 Å². The fourth-order valence-corrected chi connectivity index (χ4v) is 2.79. The average molecular weight is 299 g/mol. The van der Waals surface area contributed by atoms with E-state index in [-0.39, 0.29) is 0 Å².